The predicted octanol–water partition coefficient (Wildman–Crippen LogP) is 2.90. The number of rotatable bonds is 5. The fourth-order valence-corrected chi connectivity index (χ4v) is 3.91. The summed E-state index contributed by atoms with van der Waals surface area (Å²) in [6, 6.07) is 11.0. The van der Waals surface area contributed by atoms with Crippen LogP contribution in [0.1, 0.15) is 11.8 Å². The molecule has 2 aromatic heterocycles. The van der Waals surface area contributed by atoms with Crippen LogP contribution in [0.15, 0.2) is 46.3 Å². The van der Waals surface area contributed by atoms with E-state index in [0.717, 1.165) is 27.9 Å². The van der Waals surface area contributed by atoms with Crippen molar-refractivity contribution in [2.45, 2.75) is 24.3 Å². The van der Waals surface area contributed by atoms with Crippen molar-refractivity contribution in [3.63, 3.8) is 0 Å². The van der Waals surface area contributed by atoms with Gasteiger partial charge in [-0.05, 0) is 13.8 Å². The van der Waals surface area contributed by atoms with Crippen LogP contribution in [0, 0.1) is 6.92 Å². The minimum atomic E-state index is -0.482. The Hall–Kier alpha value is -2.65. The van der Waals surface area contributed by atoms with Crippen molar-refractivity contribution in [3.05, 3.63) is 51.6 Å². The minimum absolute atomic E-state index is 0.118. The quantitative estimate of drug-likeness (QED) is 0.458. The third-order valence-electron chi connectivity index (χ3n) is 3.47. The number of hydrogen-bond donors (Lipinski definition) is 3. The lowest BCUT2D eigenvalue weighted by atomic mass is 10.1. The number of anilines is 2. The highest BCUT2D eigenvalue weighted by Gasteiger charge is 2.19. The molecular weight excluding hydrogens is 370 g/mol. The topological polar surface area (TPSA) is 114 Å². The zero-order chi connectivity index (χ0) is 18.7. The van der Waals surface area contributed by atoms with Crippen LogP contribution < -0.4 is 16.6 Å². The van der Waals surface area contributed by atoms with Crippen molar-refractivity contribution < 1.29 is 4.79 Å². The van der Waals surface area contributed by atoms with Crippen molar-refractivity contribution in [2.24, 2.45) is 0 Å². The van der Waals surface area contributed by atoms with Crippen molar-refractivity contribution >= 4 is 40.0 Å². The Morgan fingerprint density at radius 1 is 1.31 bits per heavy atom. The molecule has 0 radical (unpaired) electrons. The van der Waals surface area contributed by atoms with E-state index in [0.29, 0.717) is 10.3 Å². The highest BCUT2D eigenvalue weighted by Crippen LogP contribution is 2.30. The van der Waals surface area contributed by atoms with Crippen LogP contribution in [-0.4, -0.2) is 26.1 Å². The summed E-state index contributed by atoms with van der Waals surface area (Å²) in [6.07, 6.45) is 0. The number of aromatic nitrogens is 3. The first kappa shape index (κ1) is 18.2. The molecule has 0 aliphatic rings. The molecule has 0 spiro atoms. The average molecular weight is 387 g/mol. The molecule has 3 rings (SSSR count). The van der Waals surface area contributed by atoms with Crippen molar-refractivity contribution in [1.29, 1.82) is 0 Å². The van der Waals surface area contributed by atoms with Crippen LogP contribution in [0.4, 0.5) is 10.9 Å². The first-order valence-corrected chi connectivity index (χ1v) is 9.49. The Bertz CT molecular complexity index is 984. The van der Waals surface area contributed by atoms with E-state index in [1.807, 2.05) is 37.3 Å². The van der Waals surface area contributed by atoms with Gasteiger partial charge in [0.25, 0.3) is 5.56 Å². The summed E-state index contributed by atoms with van der Waals surface area (Å²) < 4.78 is 0. The summed E-state index contributed by atoms with van der Waals surface area (Å²) in [5.41, 5.74) is 7.06. The Labute approximate surface area is 158 Å². The summed E-state index contributed by atoms with van der Waals surface area (Å²) >= 11 is 2.55. The van der Waals surface area contributed by atoms with Crippen LogP contribution >= 0.6 is 23.1 Å². The van der Waals surface area contributed by atoms with Gasteiger partial charge in [0.2, 0.25) is 5.91 Å². The van der Waals surface area contributed by atoms with Gasteiger partial charge in [-0.2, -0.15) is 0 Å². The molecule has 0 saturated carbocycles. The summed E-state index contributed by atoms with van der Waals surface area (Å²) in [7, 11) is 0. The highest BCUT2D eigenvalue weighted by molar-refractivity contribution is 8.00. The van der Waals surface area contributed by atoms with E-state index in [1.165, 1.54) is 17.4 Å². The van der Waals surface area contributed by atoms with Gasteiger partial charge in [0.1, 0.15) is 5.82 Å². The van der Waals surface area contributed by atoms with Gasteiger partial charge < -0.3 is 16.0 Å². The molecule has 0 aliphatic carbocycles. The second-order valence-electron chi connectivity index (χ2n) is 5.51. The van der Waals surface area contributed by atoms with Gasteiger partial charge in [0.05, 0.1) is 10.9 Å². The molecule has 1 unspecified atom stereocenters. The molecule has 1 atom stereocenters. The Morgan fingerprint density at radius 2 is 2.04 bits per heavy atom. The molecule has 0 fully saturated rings. The van der Waals surface area contributed by atoms with E-state index in [4.69, 9.17) is 5.73 Å². The maximum absolute atomic E-state index is 12.4. The van der Waals surface area contributed by atoms with Gasteiger partial charge in [0, 0.05) is 16.5 Å². The molecule has 9 heteroatoms. The molecule has 134 valence electrons. The maximum atomic E-state index is 12.4. The van der Waals surface area contributed by atoms with Gasteiger partial charge in [0.15, 0.2) is 10.3 Å². The third kappa shape index (κ3) is 4.30. The van der Waals surface area contributed by atoms with E-state index in [1.54, 1.807) is 6.92 Å². The molecule has 0 saturated heterocycles. The van der Waals surface area contributed by atoms with E-state index in [9.17, 15) is 9.59 Å². The molecule has 0 bridgehead atoms. The number of thioether (sulfide) groups is 1. The number of nitrogen functional groups attached to an aromatic ring is 1. The third-order valence-corrected chi connectivity index (χ3v) is 5.34. The Morgan fingerprint density at radius 3 is 2.73 bits per heavy atom. The lowest BCUT2D eigenvalue weighted by Crippen LogP contribution is -2.23. The van der Waals surface area contributed by atoms with E-state index < -0.39 is 5.25 Å². The molecule has 4 N–H and O–H groups in total. The molecule has 0 aliphatic heterocycles. The lowest BCUT2D eigenvalue weighted by molar-refractivity contribution is -0.115. The number of nitrogens with two attached hydrogens (primary N) is 1. The second kappa shape index (κ2) is 7.71. The van der Waals surface area contributed by atoms with Crippen LogP contribution in [0.3, 0.4) is 0 Å². The summed E-state index contributed by atoms with van der Waals surface area (Å²) in [4.78, 5) is 36.0. The molecule has 7 nitrogen and oxygen atoms in total. The number of amides is 1. The normalized spacial score (nSPS) is 11.9. The number of carbonyl (C=O) groups is 1. The molecular formula is C17H17N5O2S2. The van der Waals surface area contributed by atoms with Gasteiger partial charge in [-0.25, -0.2) is 9.97 Å². The molecule has 3 aromatic rings. The monoisotopic (exact) mass is 387 g/mol. The molecule has 2 heterocycles. The standard InChI is InChI=1S/C17H17N5O2S2/c1-9-14(11-6-4-3-5-7-11)21-17(25-9)22-15(24)10(2)26-16-19-12(18)8-13(23)20-16/h3-8,10H,1-2H3,(H,21,22,24)(H3,18,19,20,23). The van der Waals surface area contributed by atoms with Crippen molar-refractivity contribution in [2.75, 3.05) is 11.1 Å². The smallest absolute Gasteiger partial charge is 0.253 e. The maximum Gasteiger partial charge on any atom is 0.253 e. The Balaban J connectivity index is 1.70. The molecule has 1 amide bonds. The van der Waals surface area contributed by atoms with Gasteiger partial charge >= 0.3 is 0 Å². The number of aromatic amines is 1. The van der Waals surface area contributed by atoms with E-state index in [-0.39, 0.29) is 17.3 Å². The summed E-state index contributed by atoms with van der Waals surface area (Å²) in [5, 5.41) is 3.18. The van der Waals surface area contributed by atoms with Crippen molar-refractivity contribution in [1.82, 2.24) is 15.0 Å². The number of nitrogens with zero attached hydrogens (tertiary/aromatic N) is 2. The molecule has 26 heavy (non-hydrogen) atoms. The predicted molar refractivity (Wildman–Crippen MR) is 106 cm³/mol. The number of carbonyl (C=O) groups excluding carboxylic acids is 1. The van der Waals surface area contributed by atoms with E-state index in [2.05, 4.69) is 20.3 Å². The van der Waals surface area contributed by atoms with Gasteiger partial charge in [-0.3, -0.25) is 9.59 Å². The minimum Gasteiger partial charge on any atom is -0.383 e. The van der Waals surface area contributed by atoms with Gasteiger partial charge in [-0.15, -0.1) is 11.3 Å². The Kier molecular flexibility index (Phi) is 5.38. The lowest BCUT2D eigenvalue weighted by Gasteiger charge is -2.09. The van der Waals surface area contributed by atoms with Gasteiger partial charge in [-0.1, -0.05) is 42.1 Å². The van der Waals surface area contributed by atoms with E-state index >= 15 is 0 Å². The fourth-order valence-electron chi connectivity index (χ4n) is 2.25. The number of aryl methyl sites for hydroxylation is 1. The second-order valence-corrected chi connectivity index (χ2v) is 8.05. The SMILES string of the molecule is Cc1sc(NC(=O)C(C)Sc2nc(N)cc(=O)[nH]2)nc1-c1ccccc1. The number of thiazole rings is 1. The fraction of sp³-hybridized carbons (Fsp3) is 0.176. The summed E-state index contributed by atoms with van der Waals surface area (Å²) in [5.74, 6) is -0.111. The number of benzene rings is 1. The first-order chi connectivity index (χ1) is 12.4. The number of nitrogens with one attached hydrogen (secondary N) is 2. The van der Waals surface area contributed by atoms with Crippen LogP contribution in [-0.2, 0) is 4.79 Å². The van der Waals surface area contributed by atoms with Crippen molar-refractivity contribution in [3.8, 4) is 11.3 Å². The molecule has 1 aromatic carbocycles. The highest BCUT2D eigenvalue weighted by atomic mass is 32.2. The average Bonchev–Trinajstić information content (AvgIpc) is 2.95. The van der Waals surface area contributed by atoms with Crippen LogP contribution in [0.5, 0.6) is 0 Å². The zero-order valence-corrected chi connectivity index (χ0v) is 15.8. The zero-order valence-electron chi connectivity index (χ0n) is 14.1. The van der Waals surface area contributed by atoms with Crippen LogP contribution in [0.2, 0.25) is 0 Å². The largest absolute Gasteiger partial charge is 0.383 e. The number of hydrogen-bond acceptors (Lipinski definition) is 7. The van der Waals surface area contributed by atoms with Crippen LogP contribution in [0.25, 0.3) is 11.3 Å². The summed E-state index contributed by atoms with van der Waals surface area (Å²) in [6.45, 7) is 3.69. The first-order valence-electron chi connectivity index (χ1n) is 7.79. The number of H-pyrrole nitrogens is 1.